The highest BCUT2D eigenvalue weighted by Crippen LogP contribution is 2.34. The summed E-state index contributed by atoms with van der Waals surface area (Å²) in [4.78, 5) is 14.9. The number of hydrogen-bond donors (Lipinski definition) is 2. The summed E-state index contributed by atoms with van der Waals surface area (Å²) in [5.41, 5.74) is 3.69. The van der Waals surface area contributed by atoms with Crippen molar-refractivity contribution < 1.29 is 13.2 Å². The summed E-state index contributed by atoms with van der Waals surface area (Å²) in [6.07, 6.45) is 2.57. The summed E-state index contributed by atoms with van der Waals surface area (Å²) in [7, 11) is 0. The van der Waals surface area contributed by atoms with E-state index < -0.39 is 11.7 Å². The van der Waals surface area contributed by atoms with E-state index in [1.54, 1.807) is 24.3 Å². The van der Waals surface area contributed by atoms with Gasteiger partial charge in [-0.1, -0.05) is 0 Å². The Bertz CT molecular complexity index is 1310. The van der Waals surface area contributed by atoms with Gasteiger partial charge in [-0.15, -0.1) is 0 Å². The fourth-order valence-electron chi connectivity index (χ4n) is 3.25. The summed E-state index contributed by atoms with van der Waals surface area (Å²) >= 11 is 0. The first-order valence-electron chi connectivity index (χ1n) is 8.58. The third-order valence-corrected chi connectivity index (χ3v) is 4.47. The number of fused-ring (bicyclic) bond motifs is 8. The van der Waals surface area contributed by atoms with E-state index in [2.05, 4.69) is 19.9 Å². The molecule has 0 aliphatic carbocycles. The Morgan fingerprint density at radius 1 is 0.607 bits per heavy atom. The van der Waals surface area contributed by atoms with Crippen LogP contribution in [0.3, 0.4) is 0 Å². The molecule has 2 aliphatic rings. The predicted octanol–water partition coefficient (Wildman–Crippen LogP) is 5.67. The monoisotopic (exact) mass is 378 g/mol. The van der Waals surface area contributed by atoms with Gasteiger partial charge in [0, 0.05) is 16.6 Å². The second kappa shape index (κ2) is 5.95. The van der Waals surface area contributed by atoms with Crippen molar-refractivity contribution >= 4 is 46.4 Å². The molecule has 5 heterocycles. The number of nitrogens with zero attached hydrogens (tertiary/aromatic N) is 2. The lowest BCUT2D eigenvalue weighted by Gasteiger charge is -2.02. The fraction of sp³-hybridized carbons (Fsp3) is 0.0476. The van der Waals surface area contributed by atoms with Crippen molar-refractivity contribution in [3.8, 4) is 0 Å². The van der Waals surface area contributed by atoms with Gasteiger partial charge < -0.3 is 9.97 Å². The molecular formula is C21H13F3N4. The highest BCUT2D eigenvalue weighted by atomic mass is 19.4. The normalized spacial score (nSPS) is 13.2. The first kappa shape index (κ1) is 16.6. The van der Waals surface area contributed by atoms with Crippen LogP contribution in [0.4, 0.5) is 13.2 Å². The van der Waals surface area contributed by atoms with Crippen LogP contribution < -0.4 is 0 Å². The van der Waals surface area contributed by atoms with Gasteiger partial charge in [0.15, 0.2) is 0 Å². The number of H-pyrrole nitrogens is 2. The minimum atomic E-state index is -4.47. The summed E-state index contributed by atoms with van der Waals surface area (Å²) in [5.74, 6) is 0. The number of rotatable bonds is 0. The SMILES string of the molecule is FC(F)(F)c1cc2cc3nc(cc4ccc(cc5nc(cc1[nH]2)C=C5)[nH]4)C=C3. The average molecular weight is 378 g/mol. The molecule has 0 unspecified atom stereocenters. The van der Waals surface area contributed by atoms with Crippen LogP contribution in [-0.2, 0) is 6.18 Å². The van der Waals surface area contributed by atoms with Crippen LogP contribution in [0.2, 0.25) is 0 Å². The minimum Gasteiger partial charge on any atom is -0.355 e. The zero-order chi connectivity index (χ0) is 19.3. The molecule has 0 radical (unpaired) electrons. The lowest BCUT2D eigenvalue weighted by Crippen LogP contribution is -2.03. The van der Waals surface area contributed by atoms with Crippen molar-refractivity contribution in [2.75, 3.05) is 0 Å². The Kier molecular flexibility index (Phi) is 3.52. The van der Waals surface area contributed by atoms with Crippen molar-refractivity contribution in [2.45, 2.75) is 6.18 Å². The molecule has 0 spiro atoms. The van der Waals surface area contributed by atoms with E-state index in [0.717, 1.165) is 22.8 Å². The fourth-order valence-corrected chi connectivity index (χ4v) is 3.25. The summed E-state index contributed by atoms with van der Waals surface area (Å²) in [6.45, 7) is 0. The van der Waals surface area contributed by atoms with Crippen LogP contribution >= 0.6 is 0 Å². The highest BCUT2D eigenvalue weighted by molar-refractivity contribution is 5.78. The molecule has 0 saturated heterocycles. The molecule has 0 saturated carbocycles. The molecule has 8 bridgehead atoms. The Morgan fingerprint density at radius 3 is 1.64 bits per heavy atom. The molecular weight excluding hydrogens is 365 g/mol. The van der Waals surface area contributed by atoms with Gasteiger partial charge in [-0.2, -0.15) is 13.2 Å². The highest BCUT2D eigenvalue weighted by Gasteiger charge is 2.33. The van der Waals surface area contributed by atoms with Crippen LogP contribution in [0.1, 0.15) is 28.3 Å². The van der Waals surface area contributed by atoms with Gasteiger partial charge in [0.1, 0.15) is 0 Å². The Labute approximate surface area is 157 Å². The Hall–Kier alpha value is -3.61. The van der Waals surface area contributed by atoms with Gasteiger partial charge in [-0.05, 0) is 66.8 Å². The molecule has 5 rings (SSSR count). The molecule has 138 valence electrons. The zero-order valence-electron chi connectivity index (χ0n) is 14.4. The lowest BCUT2D eigenvalue weighted by molar-refractivity contribution is -0.136. The molecule has 0 fully saturated rings. The molecule has 0 atom stereocenters. The summed E-state index contributed by atoms with van der Waals surface area (Å²) in [5, 5.41) is 0. The molecule has 4 nitrogen and oxygen atoms in total. The summed E-state index contributed by atoms with van der Waals surface area (Å²) < 4.78 is 40.4. The molecule has 0 amide bonds. The van der Waals surface area contributed by atoms with Crippen molar-refractivity contribution in [3.05, 3.63) is 70.8 Å². The predicted molar refractivity (Wildman–Crippen MR) is 104 cm³/mol. The standard InChI is InChI=1S/C21H13F3N4/c22-21(23,24)19-10-18-9-16-4-3-14(26-16)7-12-1-2-13(25-12)8-15-5-6-17(27-15)11-20(19)28-18/h1-11,25,28H. The number of alkyl halides is 3. The third kappa shape index (κ3) is 3.11. The van der Waals surface area contributed by atoms with Gasteiger partial charge in [0.2, 0.25) is 0 Å². The lowest BCUT2D eigenvalue weighted by atomic mass is 10.2. The van der Waals surface area contributed by atoms with Gasteiger partial charge in [-0.25, -0.2) is 9.97 Å². The van der Waals surface area contributed by atoms with E-state index in [-0.39, 0.29) is 5.52 Å². The van der Waals surface area contributed by atoms with Crippen molar-refractivity contribution in [3.63, 3.8) is 0 Å². The minimum absolute atomic E-state index is 0.0315. The van der Waals surface area contributed by atoms with Crippen LogP contribution in [0, 0.1) is 0 Å². The van der Waals surface area contributed by atoms with E-state index in [0.29, 0.717) is 22.6 Å². The molecule has 3 aromatic rings. The maximum absolute atomic E-state index is 13.5. The van der Waals surface area contributed by atoms with Gasteiger partial charge >= 0.3 is 6.18 Å². The van der Waals surface area contributed by atoms with Gasteiger partial charge in [0.05, 0.1) is 33.9 Å². The Morgan fingerprint density at radius 2 is 1.11 bits per heavy atom. The maximum atomic E-state index is 13.5. The number of aromatic amines is 2. The van der Waals surface area contributed by atoms with E-state index in [9.17, 15) is 13.2 Å². The molecule has 0 aromatic carbocycles. The van der Waals surface area contributed by atoms with Crippen LogP contribution in [0.25, 0.3) is 46.4 Å². The number of halogens is 3. The third-order valence-electron chi connectivity index (χ3n) is 4.47. The summed E-state index contributed by atoms with van der Waals surface area (Å²) in [6, 6.07) is 11.6. The number of aromatic nitrogens is 4. The van der Waals surface area contributed by atoms with Crippen molar-refractivity contribution in [1.29, 1.82) is 0 Å². The van der Waals surface area contributed by atoms with Crippen LogP contribution in [-0.4, -0.2) is 19.9 Å². The van der Waals surface area contributed by atoms with Crippen molar-refractivity contribution in [2.24, 2.45) is 0 Å². The second-order valence-corrected chi connectivity index (χ2v) is 6.59. The number of nitrogens with one attached hydrogen (secondary N) is 2. The quantitative estimate of drug-likeness (QED) is 0.365. The van der Waals surface area contributed by atoms with Crippen LogP contribution in [0.15, 0.2) is 42.5 Å². The first-order chi connectivity index (χ1) is 13.4. The second-order valence-electron chi connectivity index (χ2n) is 6.59. The molecule has 28 heavy (non-hydrogen) atoms. The van der Waals surface area contributed by atoms with E-state index >= 15 is 0 Å². The molecule has 2 aliphatic heterocycles. The largest absolute Gasteiger partial charge is 0.418 e. The smallest absolute Gasteiger partial charge is 0.355 e. The van der Waals surface area contributed by atoms with Crippen molar-refractivity contribution in [1.82, 2.24) is 19.9 Å². The molecule has 2 N–H and O–H groups in total. The van der Waals surface area contributed by atoms with Gasteiger partial charge in [0.25, 0.3) is 0 Å². The van der Waals surface area contributed by atoms with E-state index in [1.807, 2.05) is 30.3 Å². The van der Waals surface area contributed by atoms with E-state index in [1.165, 1.54) is 6.07 Å². The van der Waals surface area contributed by atoms with Gasteiger partial charge in [-0.3, -0.25) is 0 Å². The first-order valence-corrected chi connectivity index (χ1v) is 8.58. The maximum Gasteiger partial charge on any atom is 0.418 e. The number of hydrogen-bond acceptors (Lipinski definition) is 2. The van der Waals surface area contributed by atoms with Crippen LogP contribution in [0.5, 0.6) is 0 Å². The molecule has 7 heteroatoms. The van der Waals surface area contributed by atoms with E-state index in [4.69, 9.17) is 0 Å². The Balaban J connectivity index is 1.87. The average Bonchev–Trinajstić information content (AvgIpc) is 3.38. The molecule has 3 aromatic heterocycles. The zero-order valence-corrected chi connectivity index (χ0v) is 14.4. The topological polar surface area (TPSA) is 57.4 Å².